The zero-order chi connectivity index (χ0) is 15.8. The zero-order valence-electron chi connectivity index (χ0n) is 11.8. The second-order valence-corrected chi connectivity index (χ2v) is 4.70. The van der Waals surface area contributed by atoms with Crippen LogP contribution in [0.1, 0.15) is 11.1 Å². The Morgan fingerprint density at radius 3 is 2.36 bits per heavy atom. The first-order valence-electron chi connectivity index (χ1n) is 6.74. The molecule has 5 heteroatoms. The van der Waals surface area contributed by atoms with E-state index in [1.165, 1.54) is 6.08 Å². The van der Waals surface area contributed by atoms with Crippen molar-refractivity contribution < 1.29 is 19.4 Å². The minimum atomic E-state index is -1.15. The molecule has 0 saturated carbocycles. The van der Waals surface area contributed by atoms with Crippen molar-refractivity contribution in [3.63, 3.8) is 0 Å². The molecule has 1 atom stereocenters. The van der Waals surface area contributed by atoms with E-state index in [2.05, 4.69) is 4.99 Å². The maximum Gasteiger partial charge on any atom is 0.329 e. The van der Waals surface area contributed by atoms with Crippen molar-refractivity contribution >= 4 is 12.0 Å². The molecule has 0 aromatic heterocycles. The molecule has 0 unspecified atom stereocenters. The molecule has 0 amide bonds. The van der Waals surface area contributed by atoms with Crippen molar-refractivity contribution in [3.05, 3.63) is 65.7 Å². The highest BCUT2D eigenvalue weighted by atomic mass is 16.5. The number of carbonyl (C=O) groups is 1. The minimum Gasteiger partial charge on any atom is -0.489 e. The Bertz CT molecular complexity index is 659. The second-order valence-electron chi connectivity index (χ2n) is 4.70. The lowest BCUT2D eigenvalue weighted by Gasteiger charge is -2.08. The number of nitrogens with zero attached hydrogens (tertiary/aromatic N) is 1. The molecule has 0 aliphatic rings. The number of aliphatic imine (C=N–C) groups is 1. The van der Waals surface area contributed by atoms with Gasteiger partial charge in [-0.3, -0.25) is 0 Å². The van der Waals surface area contributed by atoms with Crippen LogP contribution in [0.2, 0.25) is 0 Å². The first-order valence-corrected chi connectivity index (χ1v) is 6.74. The Labute approximate surface area is 127 Å². The molecular weight excluding hydrogens is 282 g/mol. The van der Waals surface area contributed by atoms with Gasteiger partial charge in [0.25, 0.3) is 0 Å². The van der Waals surface area contributed by atoms with Crippen LogP contribution in [0.25, 0.3) is 0 Å². The number of benzene rings is 2. The van der Waals surface area contributed by atoms with Crippen molar-refractivity contribution in [1.82, 2.24) is 0 Å². The number of carbonyl (C=O) groups excluding carboxylic acids is 1. The van der Waals surface area contributed by atoms with Crippen LogP contribution in [0.15, 0.2) is 59.6 Å². The van der Waals surface area contributed by atoms with E-state index in [1.54, 1.807) is 24.3 Å². The summed E-state index contributed by atoms with van der Waals surface area (Å²) in [5.74, 6) is -0.453. The molecule has 0 aliphatic heterocycles. The number of ether oxygens (including phenoxy) is 1. The molecule has 22 heavy (non-hydrogen) atoms. The lowest BCUT2D eigenvalue weighted by molar-refractivity contribution is -0.138. The van der Waals surface area contributed by atoms with Gasteiger partial charge in [-0.1, -0.05) is 42.5 Å². The van der Waals surface area contributed by atoms with Crippen LogP contribution in [0, 0.1) is 0 Å². The number of rotatable bonds is 7. The third-order valence-electron chi connectivity index (χ3n) is 3.09. The molecule has 0 radical (unpaired) electrons. The van der Waals surface area contributed by atoms with Crippen molar-refractivity contribution in [3.8, 4) is 5.75 Å². The normalized spacial score (nSPS) is 11.3. The smallest absolute Gasteiger partial charge is 0.329 e. The zero-order valence-corrected chi connectivity index (χ0v) is 11.8. The van der Waals surface area contributed by atoms with Crippen LogP contribution in [-0.4, -0.2) is 23.2 Å². The van der Waals surface area contributed by atoms with Crippen molar-refractivity contribution in [2.75, 3.05) is 0 Å². The first kappa shape index (κ1) is 15.5. The highest BCUT2D eigenvalue weighted by Crippen LogP contribution is 2.16. The first-order chi connectivity index (χ1) is 10.7. The van der Waals surface area contributed by atoms with Crippen LogP contribution in [0.3, 0.4) is 0 Å². The average Bonchev–Trinajstić information content (AvgIpc) is 2.54. The maximum atomic E-state index is 10.9. The van der Waals surface area contributed by atoms with Gasteiger partial charge in [-0.2, -0.15) is 4.99 Å². The summed E-state index contributed by atoms with van der Waals surface area (Å²) in [6, 6.07) is 15.7. The molecule has 2 aromatic rings. The number of carboxylic acids is 1. The van der Waals surface area contributed by atoms with E-state index in [1.807, 2.05) is 30.3 Å². The van der Waals surface area contributed by atoms with Gasteiger partial charge in [-0.25, -0.2) is 9.59 Å². The van der Waals surface area contributed by atoms with Gasteiger partial charge in [0.1, 0.15) is 12.4 Å². The molecule has 1 N–H and O–H groups in total. The summed E-state index contributed by atoms with van der Waals surface area (Å²) in [6.07, 6.45) is 1.43. The lowest BCUT2D eigenvalue weighted by atomic mass is 10.1. The summed E-state index contributed by atoms with van der Waals surface area (Å²) >= 11 is 0. The molecule has 0 saturated heterocycles. The Hall–Kier alpha value is -2.91. The molecule has 2 rings (SSSR count). The van der Waals surface area contributed by atoms with E-state index in [4.69, 9.17) is 9.84 Å². The third-order valence-corrected chi connectivity index (χ3v) is 3.09. The summed E-state index contributed by atoms with van der Waals surface area (Å²) in [5.41, 5.74) is 1.83. The molecule has 0 heterocycles. The lowest BCUT2D eigenvalue weighted by Crippen LogP contribution is -2.20. The van der Waals surface area contributed by atoms with Gasteiger partial charge in [0.05, 0.1) is 0 Å². The Morgan fingerprint density at radius 1 is 1.09 bits per heavy atom. The summed E-state index contributed by atoms with van der Waals surface area (Å²) < 4.78 is 5.64. The predicted molar refractivity (Wildman–Crippen MR) is 80.5 cm³/mol. The van der Waals surface area contributed by atoms with E-state index in [9.17, 15) is 9.59 Å². The van der Waals surface area contributed by atoms with Crippen LogP contribution in [0.5, 0.6) is 5.75 Å². The van der Waals surface area contributed by atoms with Crippen molar-refractivity contribution in [1.29, 1.82) is 0 Å². The van der Waals surface area contributed by atoms with Gasteiger partial charge in [-0.15, -0.1) is 0 Å². The van der Waals surface area contributed by atoms with Gasteiger partial charge in [-0.05, 0) is 23.3 Å². The third kappa shape index (κ3) is 4.58. The van der Waals surface area contributed by atoms with Gasteiger partial charge in [0, 0.05) is 6.42 Å². The van der Waals surface area contributed by atoms with E-state index < -0.39 is 12.0 Å². The van der Waals surface area contributed by atoms with E-state index in [-0.39, 0.29) is 6.42 Å². The Balaban J connectivity index is 1.95. The highest BCUT2D eigenvalue weighted by molar-refractivity contribution is 5.75. The number of hydrogen-bond donors (Lipinski definition) is 1. The van der Waals surface area contributed by atoms with E-state index >= 15 is 0 Å². The molecule has 5 nitrogen and oxygen atoms in total. The quantitative estimate of drug-likeness (QED) is 0.629. The number of hydrogen-bond acceptors (Lipinski definition) is 4. The molecule has 0 spiro atoms. The molecular formula is C17H15NO4. The fourth-order valence-electron chi connectivity index (χ4n) is 1.94. The molecule has 0 fully saturated rings. The van der Waals surface area contributed by atoms with Gasteiger partial charge >= 0.3 is 5.97 Å². The van der Waals surface area contributed by atoms with Crippen LogP contribution < -0.4 is 4.74 Å². The molecule has 2 aromatic carbocycles. The fourth-order valence-corrected chi connectivity index (χ4v) is 1.94. The molecule has 0 aliphatic carbocycles. The Morgan fingerprint density at radius 2 is 1.77 bits per heavy atom. The molecule has 0 bridgehead atoms. The van der Waals surface area contributed by atoms with Crippen molar-refractivity contribution in [2.45, 2.75) is 19.1 Å². The van der Waals surface area contributed by atoms with Crippen LogP contribution in [-0.2, 0) is 22.6 Å². The van der Waals surface area contributed by atoms with E-state index in [0.717, 1.165) is 11.1 Å². The standard InChI is InChI=1S/C17H15NO4/c19-12-18-16(17(20)21)10-13-6-8-15(9-7-13)22-11-14-4-2-1-3-5-14/h1-9,16H,10-11H2,(H,20,21)/t16-/m0/s1. The van der Waals surface area contributed by atoms with Gasteiger partial charge in [0.2, 0.25) is 6.08 Å². The summed E-state index contributed by atoms with van der Waals surface area (Å²) in [6.45, 7) is 0.466. The van der Waals surface area contributed by atoms with Gasteiger partial charge < -0.3 is 9.84 Å². The van der Waals surface area contributed by atoms with E-state index in [0.29, 0.717) is 12.4 Å². The fraction of sp³-hybridized carbons (Fsp3) is 0.176. The highest BCUT2D eigenvalue weighted by Gasteiger charge is 2.16. The number of carboxylic acid groups (broad SMARTS) is 1. The SMILES string of the molecule is O=C=N[C@@H](Cc1ccc(OCc2ccccc2)cc1)C(=O)O. The Kier molecular flexibility index (Phi) is 5.46. The largest absolute Gasteiger partial charge is 0.489 e. The molecule has 112 valence electrons. The summed E-state index contributed by atoms with van der Waals surface area (Å²) in [7, 11) is 0. The van der Waals surface area contributed by atoms with Gasteiger partial charge in [0.15, 0.2) is 6.04 Å². The monoisotopic (exact) mass is 297 g/mol. The maximum absolute atomic E-state index is 10.9. The number of isocyanates is 1. The summed E-state index contributed by atoms with van der Waals surface area (Å²) in [4.78, 5) is 24.4. The average molecular weight is 297 g/mol. The minimum absolute atomic E-state index is 0.142. The summed E-state index contributed by atoms with van der Waals surface area (Å²) in [5, 5.41) is 8.93. The predicted octanol–water partition coefficient (Wildman–Crippen LogP) is 2.60. The topological polar surface area (TPSA) is 76.0 Å². The van der Waals surface area contributed by atoms with Crippen molar-refractivity contribution in [2.24, 2.45) is 4.99 Å². The number of aliphatic carboxylic acids is 1. The van der Waals surface area contributed by atoms with Crippen LogP contribution >= 0.6 is 0 Å². The van der Waals surface area contributed by atoms with Crippen LogP contribution in [0.4, 0.5) is 0 Å². The second kappa shape index (κ2) is 7.76.